The number of aromatic nitrogens is 2. The summed E-state index contributed by atoms with van der Waals surface area (Å²) < 4.78 is 7.19. The van der Waals surface area contributed by atoms with Crippen LogP contribution in [0.5, 0.6) is 0 Å². The zero-order chi connectivity index (χ0) is 24.1. The quantitative estimate of drug-likeness (QED) is 0.368. The fourth-order valence-electron chi connectivity index (χ4n) is 3.64. The molecule has 0 saturated carbocycles. The van der Waals surface area contributed by atoms with Gasteiger partial charge in [0.2, 0.25) is 0 Å². The van der Waals surface area contributed by atoms with Crippen molar-refractivity contribution in [3.8, 4) is 16.8 Å². The minimum Gasteiger partial charge on any atom is -0.481 e. The van der Waals surface area contributed by atoms with Crippen molar-refractivity contribution in [1.82, 2.24) is 9.78 Å². The first-order valence-corrected chi connectivity index (χ1v) is 10.9. The topological polar surface area (TPSA) is 93.5 Å². The first kappa shape index (κ1) is 22.8. The molecular weight excluding hydrogens is 430 g/mol. The van der Waals surface area contributed by atoms with E-state index < -0.39 is 12.1 Å². The molecule has 3 aromatic carbocycles. The molecule has 0 aliphatic rings. The number of ether oxygens (including phenoxy) is 1. The number of aliphatic carboxylic acids is 1. The van der Waals surface area contributed by atoms with Crippen molar-refractivity contribution in [2.75, 3.05) is 5.32 Å². The lowest BCUT2D eigenvalue weighted by molar-refractivity contribution is -0.136. The Kier molecular flexibility index (Phi) is 6.73. The summed E-state index contributed by atoms with van der Waals surface area (Å²) in [5.74, 6) is -0.314. The van der Waals surface area contributed by atoms with Gasteiger partial charge in [0.05, 0.1) is 18.3 Å². The van der Waals surface area contributed by atoms with Crippen LogP contribution >= 0.6 is 0 Å². The van der Waals surface area contributed by atoms with Gasteiger partial charge in [-0.1, -0.05) is 66.7 Å². The van der Waals surface area contributed by atoms with E-state index in [1.54, 1.807) is 10.9 Å². The Bertz CT molecular complexity index is 1280. The number of hydrogen-bond acceptors (Lipinski definition) is 4. The average Bonchev–Trinajstić information content (AvgIpc) is 3.19. The minimum absolute atomic E-state index is 0.000204. The summed E-state index contributed by atoms with van der Waals surface area (Å²) in [5.41, 5.74) is 5.22. The van der Waals surface area contributed by atoms with E-state index in [2.05, 4.69) is 10.4 Å². The van der Waals surface area contributed by atoms with Gasteiger partial charge in [-0.3, -0.25) is 10.1 Å². The van der Waals surface area contributed by atoms with E-state index >= 15 is 0 Å². The summed E-state index contributed by atoms with van der Waals surface area (Å²) in [7, 11) is 0. The maximum atomic E-state index is 12.6. The van der Waals surface area contributed by atoms with E-state index in [9.17, 15) is 9.59 Å². The van der Waals surface area contributed by atoms with Crippen LogP contribution in [0.2, 0.25) is 0 Å². The Morgan fingerprint density at radius 3 is 2.21 bits per heavy atom. The average molecular weight is 456 g/mol. The summed E-state index contributed by atoms with van der Waals surface area (Å²) in [4.78, 5) is 23.4. The molecule has 7 heteroatoms. The van der Waals surface area contributed by atoms with Gasteiger partial charge >= 0.3 is 12.1 Å². The lowest BCUT2D eigenvalue weighted by atomic mass is 10.0. The predicted octanol–water partition coefficient (Wildman–Crippen LogP) is 5.78. The van der Waals surface area contributed by atoms with Crippen molar-refractivity contribution in [3.05, 3.63) is 102 Å². The van der Waals surface area contributed by atoms with Gasteiger partial charge in [-0.15, -0.1) is 0 Å². The molecule has 4 rings (SSSR count). The highest BCUT2D eigenvalue weighted by Gasteiger charge is 2.16. The van der Waals surface area contributed by atoms with Crippen LogP contribution < -0.4 is 5.32 Å². The molecule has 1 unspecified atom stereocenters. The number of benzene rings is 3. The number of carbonyl (C=O) groups is 2. The molecule has 0 bridgehead atoms. The van der Waals surface area contributed by atoms with Crippen LogP contribution in [0.4, 0.5) is 10.6 Å². The van der Waals surface area contributed by atoms with Crippen molar-refractivity contribution in [1.29, 1.82) is 0 Å². The normalized spacial score (nSPS) is 11.6. The molecule has 0 fully saturated rings. The second kappa shape index (κ2) is 10.0. The molecule has 1 aromatic heterocycles. The fraction of sp³-hybridized carbons (Fsp3) is 0.148. The van der Waals surface area contributed by atoms with Gasteiger partial charge in [0.25, 0.3) is 0 Å². The highest BCUT2D eigenvalue weighted by atomic mass is 16.6. The molecule has 172 valence electrons. The summed E-state index contributed by atoms with van der Waals surface area (Å²) in [6.07, 6.45) is 0.740. The van der Waals surface area contributed by atoms with Crippen LogP contribution in [0.15, 0.2) is 85.1 Å². The molecule has 0 aliphatic heterocycles. The molecular formula is C27H25N3O4. The lowest BCUT2D eigenvalue weighted by Gasteiger charge is -2.15. The van der Waals surface area contributed by atoms with Crippen LogP contribution in [-0.2, 0) is 16.0 Å². The third kappa shape index (κ3) is 5.32. The Morgan fingerprint density at radius 2 is 1.59 bits per heavy atom. The fourth-order valence-corrected chi connectivity index (χ4v) is 3.64. The summed E-state index contributed by atoms with van der Waals surface area (Å²) >= 11 is 0. The highest BCUT2D eigenvalue weighted by Crippen LogP contribution is 2.25. The number of hydrogen-bond donors (Lipinski definition) is 2. The summed E-state index contributed by atoms with van der Waals surface area (Å²) in [6.45, 7) is 3.69. The molecule has 0 aliphatic carbocycles. The van der Waals surface area contributed by atoms with E-state index in [1.807, 2.05) is 92.7 Å². The van der Waals surface area contributed by atoms with Gasteiger partial charge in [0.1, 0.15) is 11.9 Å². The second-order valence-corrected chi connectivity index (χ2v) is 7.99. The number of carbonyl (C=O) groups excluding carboxylic acids is 1. The van der Waals surface area contributed by atoms with Crippen molar-refractivity contribution < 1.29 is 19.4 Å². The van der Waals surface area contributed by atoms with E-state index in [-0.39, 0.29) is 12.5 Å². The van der Waals surface area contributed by atoms with Gasteiger partial charge < -0.3 is 9.84 Å². The predicted molar refractivity (Wildman–Crippen MR) is 130 cm³/mol. The van der Waals surface area contributed by atoms with E-state index in [4.69, 9.17) is 9.84 Å². The van der Waals surface area contributed by atoms with Crippen LogP contribution in [0.3, 0.4) is 0 Å². The van der Waals surface area contributed by atoms with Crippen molar-refractivity contribution in [2.45, 2.75) is 26.4 Å². The van der Waals surface area contributed by atoms with Gasteiger partial charge in [0.15, 0.2) is 0 Å². The number of anilines is 1. The zero-order valence-electron chi connectivity index (χ0n) is 18.9. The maximum Gasteiger partial charge on any atom is 0.413 e. The smallest absolute Gasteiger partial charge is 0.413 e. The van der Waals surface area contributed by atoms with Gasteiger partial charge in [-0.2, -0.15) is 5.10 Å². The van der Waals surface area contributed by atoms with Crippen molar-refractivity contribution in [3.63, 3.8) is 0 Å². The van der Waals surface area contributed by atoms with Gasteiger partial charge in [-0.05, 0) is 48.2 Å². The zero-order valence-corrected chi connectivity index (χ0v) is 18.9. The first-order chi connectivity index (χ1) is 16.4. The monoisotopic (exact) mass is 455 g/mol. The second-order valence-electron chi connectivity index (χ2n) is 7.99. The number of nitrogens with zero attached hydrogens (tertiary/aromatic N) is 2. The Morgan fingerprint density at radius 1 is 0.971 bits per heavy atom. The number of aryl methyl sites for hydroxylation is 1. The number of carboxylic acids is 1. The first-order valence-electron chi connectivity index (χ1n) is 10.9. The molecule has 4 aromatic rings. The molecule has 1 amide bonds. The molecule has 1 heterocycles. The van der Waals surface area contributed by atoms with E-state index in [0.717, 1.165) is 33.5 Å². The summed E-state index contributed by atoms with van der Waals surface area (Å²) in [6, 6.07) is 24.7. The largest absolute Gasteiger partial charge is 0.481 e. The standard InChI is InChI=1S/C27H25N3O4/c1-18-17-28-30(26(18)29-27(33)34-19(2)21-6-4-3-5-7-21)24-14-12-23(13-15-24)22-10-8-20(9-11-22)16-25(31)32/h3-15,17,19H,16H2,1-2H3,(H,29,33)(H,31,32). The van der Waals surface area contributed by atoms with Crippen molar-refractivity contribution in [2.24, 2.45) is 0 Å². The van der Waals surface area contributed by atoms with Gasteiger partial charge in [0, 0.05) is 5.56 Å². The van der Waals surface area contributed by atoms with Crippen molar-refractivity contribution >= 4 is 17.9 Å². The third-order valence-corrected chi connectivity index (χ3v) is 5.48. The van der Waals surface area contributed by atoms with Crippen LogP contribution in [0.25, 0.3) is 16.8 Å². The molecule has 0 saturated heterocycles. The number of nitrogens with one attached hydrogen (secondary N) is 1. The molecule has 34 heavy (non-hydrogen) atoms. The summed E-state index contributed by atoms with van der Waals surface area (Å²) in [5, 5.41) is 16.1. The molecule has 1 atom stereocenters. The van der Waals surface area contributed by atoms with E-state index in [1.165, 1.54) is 0 Å². The number of rotatable bonds is 7. The number of amides is 1. The minimum atomic E-state index is -0.852. The molecule has 0 spiro atoms. The molecule has 0 radical (unpaired) electrons. The Balaban J connectivity index is 1.48. The molecule has 7 nitrogen and oxygen atoms in total. The maximum absolute atomic E-state index is 12.6. The van der Waals surface area contributed by atoms with Crippen LogP contribution in [-0.4, -0.2) is 26.9 Å². The van der Waals surface area contributed by atoms with Crippen LogP contribution in [0.1, 0.15) is 29.7 Å². The van der Waals surface area contributed by atoms with Gasteiger partial charge in [-0.25, -0.2) is 9.48 Å². The van der Waals surface area contributed by atoms with Crippen LogP contribution in [0, 0.1) is 6.92 Å². The highest BCUT2D eigenvalue weighted by molar-refractivity contribution is 5.85. The third-order valence-electron chi connectivity index (χ3n) is 5.48. The van der Waals surface area contributed by atoms with E-state index in [0.29, 0.717) is 5.82 Å². The Labute approximate surface area is 197 Å². The molecule has 2 N–H and O–H groups in total. The Hall–Kier alpha value is -4.39. The lowest BCUT2D eigenvalue weighted by Crippen LogP contribution is -2.18. The number of carboxylic acid groups (broad SMARTS) is 1. The SMILES string of the molecule is Cc1cnn(-c2ccc(-c3ccc(CC(=O)O)cc3)cc2)c1NC(=O)OC(C)c1ccccc1.